The lowest BCUT2D eigenvalue weighted by atomic mass is 10.1. The molecule has 2 aromatic carbocycles. The van der Waals surface area contributed by atoms with Gasteiger partial charge in [-0.05, 0) is 61.4 Å². The number of nitrogens with one attached hydrogen (secondary N) is 1. The summed E-state index contributed by atoms with van der Waals surface area (Å²) in [5.41, 5.74) is 6.53. The summed E-state index contributed by atoms with van der Waals surface area (Å²) < 4.78 is 40.1. The first kappa shape index (κ1) is 21.1. The number of anilines is 1. The molecule has 27 heavy (non-hydrogen) atoms. The lowest BCUT2D eigenvalue weighted by molar-refractivity contribution is 0.0714. The maximum Gasteiger partial charge on any atom is 0.261 e. The lowest BCUT2D eigenvalue weighted by Gasteiger charge is -2.30. The summed E-state index contributed by atoms with van der Waals surface area (Å²) in [7, 11) is -3.81. The standard InChI is InChI=1S/C18H20FN3O3S.ClH/c19-14-3-5-16(6-4-14)21-26(24,25)17-7-1-13(2-8-17)18(23)22-11-9-15(20)10-12-22;/h1-8,15,21H,9-12,20H2;1H. The lowest BCUT2D eigenvalue weighted by Crippen LogP contribution is -2.42. The molecule has 1 heterocycles. The first-order valence-corrected chi connectivity index (χ1v) is 9.77. The number of rotatable bonds is 4. The molecule has 0 radical (unpaired) electrons. The van der Waals surface area contributed by atoms with Crippen molar-refractivity contribution >= 4 is 34.0 Å². The van der Waals surface area contributed by atoms with Crippen molar-refractivity contribution in [1.29, 1.82) is 0 Å². The van der Waals surface area contributed by atoms with Crippen LogP contribution in [0, 0.1) is 5.82 Å². The van der Waals surface area contributed by atoms with E-state index in [0.29, 0.717) is 18.7 Å². The van der Waals surface area contributed by atoms with Crippen LogP contribution in [0.2, 0.25) is 0 Å². The summed E-state index contributed by atoms with van der Waals surface area (Å²) in [5, 5.41) is 0. The zero-order valence-corrected chi connectivity index (χ0v) is 16.1. The van der Waals surface area contributed by atoms with Crippen LogP contribution in [0.15, 0.2) is 53.4 Å². The van der Waals surface area contributed by atoms with E-state index in [0.717, 1.165) is 12.8 Å². The SMILES string of the molecule is Cl.NC1CCN(C(=O)c2ccc(S(=O)(=O)Nc3ccc(F)cc3)cc2)CC1. The van der Waals surface area contributed by atoms with Gasteiger partial charge in [0.05, 0.1) is 4.90 Å². The van der Waals surface area contributed by atoms with E-state index in [1.165, 1.54) is 48.5 Å². The first-order valence-electron chi connectivity index (χ1n) is 8.28. The highest BCUT2D eigenvalue weighted by Crippen LogP contribution is 2.18. The molecule has 6 nitrogen and oxygen atoms in total. The van der Waals surface area contributed by atoms with Crippen LogP contribution in [0.25, 0.3) is 0 Å². The molecule has 0 saturated carbocycles. The van der Waals surface area contributed by atoms with Crippen molar-refractivity contribution in [2.45, 2.75) is 23.8 Å². The highest BCUT2D eigenvalue weighted by Gasteiger charge is 2.22. The predicted octanol–water partition coefficient (Wildman–Crippen LogP) is 2.61. The number of piperidine rings is 1. The van der Waals surface area contributed by atoms with Gasteiger partial charge in [-0.25, -0.2) is 12.8 Å². The second-order valence-corrected chi connectivity index (χ2v) is 7.95. The van der Waals surface area contributed by atoms with Crippen LogP contribution in [0.1, 0.15) is 23.2 Å². The van der Waals surface area contributed by atoms with Gasteiger partial charge in [-0.3, -0.25) is 9.52 Å². The molecule has 1 aliphatic heterocycles. The van der Waals surface area contributed by atoms with E-state index in [2.05, 4.69) is 4.72 Å². The van der Waals surface area contributed by atoms with Gasteiger partial charge in [-0.1, -0.05) is 0 Å². The van der Waals surface area contributed by atoms with Crippen LogP contribution < -0.4 is 10.5 Å². The molecule has 0 aliphatic carbocycles. The van der Waals surface area contributed by atoms with Crippen LogP contribution in [0.4, 0.5) is 10.1 Å². The number of sulfonamides is 1. The van der Waals surface area contributed by atoms with Crippen molar-refractivity contribution < 1.29 is 17.6 Å². The monoisotopic (exact) mass is 413 g/mol. The maximum absolute atomic E-state index is 12.9. The molecule has 0 atom stereocenters. The highest BCUT2D eigenvalue weighted by atomic mass is 35.5. The molecule has 1 fully saturated rings. The molecule has 9 heteroatoms. The fraction of sp³-hybridized carbons (Fsp3) is 0.278. The Morgan fingerprint density at radius 2 is 1.59 bits per heavy atom. The van der Waals surface area contributed by atoms with Gasteiger partial charge in [0.2, 0.25) is 0 Å². The van der Waals surface area contributed by atoms with Crippen LogP contribution in [0.5, 0.6) is 0 Å². The number of nitrogens with zero attached hydrogens (tertiary/aromatic N) is 1. The Hall–Kier alpha value is -2.16. The summed E-state index contributed by atoms with van der Waals surface area (Å²) in [4.78, 5) is 14.2. The van der Waals surface area contributed by atoms with Crippen molar-refractivity contribution in [3.8, 4) is 0 Å². The minimum absolute atomic E-state index is 0. The zero-order chi connectivity index (χ0) is 18.7. The Morgan fingerprint density at radius 1 is 1.04 bits per heavy atom. The molecule has 3 rings (SSSR count). The number of nitrogens with two attached hydrogens (primary N) is 1. The predicted molar refractivity (Wildman–Crippen MR) is 104 cm³/mol. The Balaban J connectivity index is 0.00000261. The van der Waals surface area contributed by atoms with Gasteiger partial charge in [-0.15, -0.1) is 12.4 Å². The van der Waals surface area contributed by atoms with Crippen LogP contribution in [0.3, 0.4) is 0 Å². The first-order chi connectivity index (χ1) is 12.3. The van der Waals surface area contributed by atoms with Crippen LogP contribution in [-0.4, -0.2) is 38.4 Å². The van der Waals surface area contributed by atoms with Crippen molar-refractivity contribution in [2.75, 3.05) is 17.8 Å². The Labute approximate surface area is 164 Å². The Morgan fingerprint density at radius 3 is 2.15 bits per heavy atom. The van der Waals surface area contributed by atoms with Crippen molar-refractivity contribution in [3.63, 3.8) is 0 Å². The van der Waals surface area contributed by atoms with E-state index in [9.17, 15) is 17.6 Å². The molecular formula is C18H21ClFN3O3S. The zero-order valence-electron chi connectivity index (χ0n) is 14.5. The number of likely N-dealkylation sites (tertiary alicyclic amines) is 1. The molecule has 0 bridgehead atoms. The summed E-state index contributed by atoms with van der Waals surface area (Å²) in [5.74, 6) is -0.582. The molecule has 3 N–H and O–H groups in total. The number of carbonyl (C=O) groups is 1. The molecule has 0 unspecified atom stereocenters. The number of halogens is 2. The number of carbonyl (C=O) groups excluding carboxylic acids is 1. The molecule has 2 aromatic rings. The topological polar surface area (TPSA) is 92.5 Å². The largest absolute Gasteiger partial charge is 0.339 e. The molecule has 146 valence electrons. The second kappa shape index (κ2) is 8.69. The average molecular weight is 414 g/mol. The van der Waals surface area contributed by atoms with Gasteiger partial charge < -0.3 is 10.6 Å². The van der Waals surface area contributed by atoms with E-state index < -0.39 is 15.8 Å². The van der Waals surface area contributed by atoms with Gasteiger partial charge in [0, 0.05) is 30.4 Å². The molecule has 1 saturated heterocycles. The average Bonchev–Trinajstić information content (AvgIpc) is 2.64. The quantitative estimate of drug-likeness (QED) is 0.805. The Bertz CT molecular complexity index is 881. The third-order valence-corrected chi connectivity index (χ3v) is 5.73. The normalized spacial score (nSPS) is 15.1. The Kier molecular flexibility index (Phi) is 6.80. The van der Waals surface area contributed by atoms with E-state index in [1.54, 1.807) is 4.90 Å². The molecular weight excluding hydrogens is 393 g/mol. The fourth-order valence-electron chi connectivity index (χ4n) is 2.79. The van der Waals surface area contributed by atoms with E-state index in [1.807, 2.05) is 0 Å². The molecule has 0 aromatic heterocycles. The van der Waals surface area contributed by atoms with Crippen LogP contribution >= 0.6 is 12.4 Å². The maximum atomic E-state index is 12.9. The van der Waals surface area contributed by atoms with Gasteiger partial charge in [0.15, 0.2) is 0 Å². The number of hydrogen-bond donors (Lipinski definition) is 2. The van der Waals surface area contributed by atoms with Crippen molar-refractivity contribution in [2.24, 2.45) is 5.73 Å². The van der Waals surface area contributed by atoms with Crippen molar-refractivity contribution in [1.82, 2.24) is 4.90 Å². The van der Waals surface area contributed by atoms with E-state index >= 15 is 0 Å². The molecule has 1 aliphatic rings. The van der Waals surface area contributed by atoms with Gasteiger partial charge in [0.1, 0.15) is 5.82 Å². The summed E-state index contributed by atoms with van der Waals surface area (Å²) in [6.07, 6.45) is 1.53. The highest BCUT2D eigenvalue weighted by molar-refractivity contribution is 7.92. The molecule has 0 spiro atoms. The summed E-state index contributed by atoms with van der Waals surface area (Å²) >= 11 is 0. The van der Waals surface area contributed by atoms with E-state index in [-0.39, 0.29) is 34.9 Å². The van der Waals surface area contributed by atoms with E-state index in [4.69, 9.17) is 5.73 Å². The van der Waals surface area contributed by atoms with Gasteiger partial charge in [-0.2, -0.15) is 0 Å². The number of amides is 1. The van der Waals surface area contributed by atoms with Crippen molar-refractivity contribution in [3.05, 3.63) is 59.9 Å². The van der Waals surface area contributed by atoms with Gasteiger partial charge in [0.25, 0.3) is 15.9 Å². The second-order valence-electron chi connectivity index (χ2n) is 6.27. The summed E-state index contributed by atoms with van der Waals surface area (Å²) in [6.45, 7) is 1.21. The third kappa shape index (κ3) is 5.18. The minimum Gasteiger partial charge on any atom is -0.339 e. The summed E-state index contributed by atoms with van der Waals surface area (Å²) in [6, 6.07) is 10.9. The minimum atomic E-state index is -3.81. The van der Waals surface area contributed by atoms with Crippen LogP contribution in [-0.2, 0) is 10.0 Å². The number of benzene rings is 2. The fourth-order valence-corrected chi connectivity index (χ4v) is 3.85. The smallest absolute Gasteiger partial charge is 0.261 e. The van der Waals surface area contributed by atoms with Gasteiger partial charge >= 0.3 is 0 Å². The third-order valence-electron chi connectivity index (χ3n) is 4.33. The molecule has 1 amide bonds. The number of hydrogen-bond acceptors (Lipinski definition) is 4.